The molecule has 0 aromatic heterocycles. The molecule has 0 aliphatic carbocycles. The maximum atomic E-state index is 12.1. The Morgan fingerprint density at radius 3 is 2.58 bits per heavy atom. The molecular formula is C13H22N2O3S. The van der Waals surface area contributed by atoms with Gasteiger partial charge in [-0.25, -0.2) is 13.1 Å². The molecule has 1 aromatic rings. The van der Waals surface area contributed by atoms with E-state index in [1.807, 2.05) is 6.92 Å². The van der Waals surface area contributed by atoms with Crippen LogP contribution < -0.4 is 10.5 Å². The molecule has 0 radical (unpaired) electrons. The van der Waals surface area contributed by atoms with Gasteiger partial charge in [-0.05, 0) is 43.0 Å². The largest absolute Gasteiger partial charge is 0.399 e. The SMILES string of the molecule is CCC(CCO)CNS(=O)(=O)c1cc(C)cc(N)c1. The Hall–Kier alpha value is -1.11. The molecule has 19 heavy (non-hydrogen) atoms. The van der Waals surface area contributed by atoms with E-state index in [0.717, 1.165) is 12.0 Å². The van der Waals surface area contributed by atoms with Crippen molar-refractivity contribution in [2.45, 2.75) is 31.6 Å². The molecule has 1 rings (SSSR count). The minimum Gasteiger partial charge on any atom is -0.399 e. The van der Waals surface area contributed by atoms with E-state index in [1.165, 1.54) is 6.07 Å². The number of nitrogens with two attached hydrogens (primary N) is 1. The van der Waals surface area contributed by atoms with E-state index in [1.54, 1.807) is 19.1 Å². The molecule has 1 aromatic carbocycles. The number of anilines is 1. The predicted octanol–water partition coefficient (Wildman–Crippen LogP) is 1.26. The lowest BCUT2D eigenvalue weighted by atomic mass is 10.0. The number of aryl methyl sites for hydroxylation is 1. The summed E-state index contributed by atoms with van der Waals surface area (Å²) < 4.78 is 26.8. The van der Waals surface area contributed by atoms with Crippen molar-refractivity contribution in [3.05, 3.63) is 23.8 Å². The number of aliphatic hydroxyl groups excluding tert-OH is 1. The highest BCUT2D eigenvalue weighted by Crippen LogP contribution is 2.16. The molecule has 4 N–H and O–H groups in total. The summed E-state index contributed by atoms with van der Waals surface area (Å²) >= 11 is 0. The van der Waals surface area contributed by atoms with E-state index in [9.17, 15) is 8.42 Å². The number of rotatable bonds is 7. The first kappa shape index (κ1) is 15.9. The smallest absolute Gasteiger partial charge is 0.240 e. The maximum absolute atomic E-state index is 12.1. The van der Waals surface area contributed by atoms with Crippen molar-refractivity contribution in [2.24, 2.45) is 5.92 Å². The van der Waals surface area contributed by atoms with Gasteiger partial charge in [0.25, 0.3) is 0 Å². The fourth-order valence-corrected chi connectivity index (χ4v) is 3.13. The zero-order chi connectivity index (χ0) is 14.5. The first-order chi connectivity index (χ1) is 8.89. The van der Waals surface area contributed by atoms with Crippen LogP contribution >= 0.6 is 0 Å². The summed E-state index contributed by atoms with van der Waals surface area (Å²) in [5.74, 6) is 0.141. The summed E-state index contributed by atoms with van der Waals surface area (Å²) in [5.41, 5.74) is 6.90. The molecule has 0 fully saturated rings. The zero-order valence-corrected chi connectivity index (χ0v) is 12.2. The van der Waals surface area contributed by atoms with E-state index < -0.39 is 10.0 Å². The zero-order valence-electron chi connectivity index (χ0n) is 11.4. The Morgan fingerprint density at radius 1 is 1.37 bits per heavy atom. The molecule has 0 saturated heterocycles. The van der Waals surface area contributed by atoms with Gasteiger partial charge in [0.05, 0.1) is 4.90 Å². The van der Waals surface area contributed by atoms with Crippen LogP contribution in [0.1, 0.15) is 25.3 Å². The first-order valence-corrected chi connectivity index (χ1v) is 7.85. The van der Waals surface area contributed by atoms with Crippen molar-refractivity contribution in [2.75, 3.05) is 18.9 Å². The number of benzene rings is 1. The molecule has 0 bridgehead atoms. The molecule has 1 atom stereocenters. The van der Waals surface area contributed by atoms with Crippen molar-refractivity contribution in [1.82, 2.24) is 4.72 Å². The fourth-order valence-electron chi connectivity index (χ4n) is 1.88. The number of nitrogens with one attached hydrogen (secondary N) is 1. The quantitative estimate of drug-likeness (QED) is 0.658. The summed E-state index contributed by atoms with van der Waals surface area (Å²) in [6.45, 7) is 4.17. The van der Waals surface area contributed by atoms with E-state index in [0.29, 0.717) is 18.7 Å². The topological polar surface area (TPSA) is 92.4 Å². The van der Waals surface area contributed by atoms with Crippen molar-refractivity contribution in [3.8, 4) is 0 Å². The van der Waals surface area contributed by atoms with Crippen molar-refractivity contribution in [3.63, 3.8) is 0 Å². The Labute approximate surface area is 114 Å². The highest BCUT2D eigenvalue weighted by molar-refractivity contribution is 7.89. The van der Waals surface area contributed by atoms with Gasteiger partial charge in [-0.1, -0.05) is 13.3 Å². The average Bonchev–Trinajstić information content (AvgIpc) is 2.33. The third-order valence-corrected chi connectivity index (χ3v) is 4.46. The van der Waals surface area contributed by atoms with Crippen LogP contribution in [0, 0.1) is 12.8 Å². The monoisotopic (exact) mass is 286 g/mol. The molecule has 0 saturated carbocycles. The molecule has 1 unspecified atom stereocenters. The number of aliphatic hydroxyl groups is 1. The van der Waals surface area contributed by atoms with Crippen LogP contribution in [0.5, 0.6) is 0 Å². The van der Waals surface area contributed by atoms with Crippen molar-refractivity contribution < 1.29 is 13.5 Å². The van der Waals surface area contributed by atoms with Crippen LogP contribution in [0.3, 0.4) is 0 Å². The summed E-state index contributed by atoms with van der Waals surface area (Å²) in [6.07, 6.45) is 1.41. The molecule has 0 aliphatic heterocycles. The first-order valence-electron chi connectivity index (χ1n) is 6.36. The van der Waals surface area contributed by atoms with Gasteiger partial charge in [-0.2, -0.15) is 0 Å². The van der Waals surface area contributed by atoms with Gasteiger partial charge < -0.3 is 10.8 Å². The lowest BCUT2D eigenvalue weighted by molar-refractivity contribution is 0.254. The maximum Gasteiger partial charge on any atom is 0.240 e. The van der Waals surface area contributed by atoms with Gasteiger partial charge in [-0.3, -0.25) is 0 Å². The third kappa shape index (κ3) is 4.81. The number of nitrogen functional groups attached to an aromatic ring is 1. The van der Waals surface area contributed by atoms with Gasteiger partial charge in [0.1, 0.15) is 0 Å². The predicted molar refractivity (Wildman–Crippen MR) is 76.3 cm³/mol. The lowest BCUT2D eigenvalue weighted by Gasteiger charge is -2.15. The standard InChI is InChI=1S/C13H22N2O3S/c1-3-11(4-5-16)9-15-19(17,18)13-7-10(2)6-12(14)8-13/h6-8,11,15-16H,3-5,9,14H2,1-2H3. The van der Waals surface area contributed by atoms with Crippen molar-refractivity contribution in [1.29, 1.82) is 0 Å². The van der Waals surface area contributed by atoms with Gasteiger partial charge in [0.2, 0.25) is 10.0 Å². The molecule has 5 nitrogen and oxygen atoms in total. The summed E-state index contributed by atoms with van der Waals surface area (Å²) in [6, 6.07) is 4.76. The Bertz CT molecular complexity index is 494. The van der Waals surface area contributed by atoms with Crippen LogP contribution in [0.4, 0.5) is 5.69 Å². The number of hydrogen-bond acceptors (Lipinski definition) is 4. The Morgan fingerprint density at radius 2 is 2.05 bits per heavy atom. The van der Waals surface area contributed by atoms with Gasteiger partial charge >= 0.3 is 0 Å². The van der Waals surface area contributed by atoms with Crippen LogP contribution in [0.2, 0.25) is 0 Å². The van der Waals surface area contributed by atoms with E-state index in [4.69, 9.17) is 10.8 Å². The second kappa shape index (κ2) is 6.88. The second-order valence-electron chi connectivity index (χ2n) is 4.72. The fraction of sp³-hybridized carbons (Fsp3) is 0.538. The van der Waals surface area contributed by atoms with Gasteiger partial charge in [-0.15, -0.1) is 0 Å². The second-order valence-corrected chi connectivity index (χ2v) is 6.48. The average molecular weight is 286 g/mol. The van der Waals surface area contributed by atoms with Gasteiger partial charge in [0.15, 0.2) is 0 Å². The van der Waals surface area contributed by atoms with Crippen molar-refractivity contribution >= 4 is 15.7 Å². The minimum absolute atomic E-state index is 0.0671. The summed E-state index contributed by atoms with van der Waals surface area (Å²) in [4.78, 5) is 0.184. The highest BCUT2D eigenvalue weighted by Gasteiger charge is 2.16. The van der Waals surface area contributed by atoms with Crippen LogP contribution in [0.15, 0.2) is 23.1 Å². The summed E-state index contributed by atoms with van der Waals surface area (Å²) in [7, 11) is -3.54. The molecular weight excluding hydrogens is 264 g/mol. The minimum atomic E-state index is -3.54. The third-order valence-electron chi connectivity index (χ3n) is 3.06. The normalized spacial score (nSPS) is 13.4. The lowest BCUT2D eigenvalue weighted by Crippen LogP contribution is -2.29. The van der Waals surface area contributed by atoms with Gasteiger partial charge in [0, 0.05) is 18.8 Å². The molecule has 0 spiro atoms. The Kier molecular flexibility index (Phi) is 5.78. The molecule has 0 amide bonds. The number of hydrogen-bond donors (Lipinski definition) is 3. The molecule has 0 aliphatic rings. The van der Waals surface area contributed by atoms with Crippen LogP contribution in [-0.2, 0) is 10.0 Å². The molecule has 0 heterocycles. The highest BCUT2D eigenvalue weighted by atomic mass is 32.2. The number of sulfonamides is 1. The molecule has 6 heteroatoms. The van der Waals surface area contributed by atoms with Crippen LogP contribution in [0.25, 0.3) is 0 Å². The van der Waals surface area contributed by atoms with Crippen LogP contribution in [-0.4, -0.2) is 26.7 Å². The van der Waals surface area contributed by atoms with E-state index in [-0.39, 0.29) is 17.4 Å². The van der Waals surface area contributed by atoms with E-state index in [2.05, 4.69) is 4.72 Å². The molecule has 108 valence electrons. The summed E-state index contributed by atoms with van der Waals surface area (Å²) in [5, 5.41) is 8.89. The Balaban J connectivity index is 2.80. The van der Waals surface area contributed by atoms with E-state index >= 15 is 0 Å².